The van der Waals surface area contributed by atoms with E-state index in [4.69, 9.17) is 4.74 Å². The van der Waals surface area contributed by atoms with Crippen molar-refractivity contribution in [2.45, 2.75) is 30.9 Å². The van der Waals surface area contributed by atoms with Gasteiger partial charge in [0.25, 0.3) is 0 Å². The molecule has 0 heterocycles. The molecule has 0 saturated heterocycles. The largest absolute Gasteiger partial charge is 0.394 e. The Kier molecular flexibility index (Phi) is 9.92. The number of nitrogens with one attached hydrogen (secondary N) is 1. The van der Waals surface area contributed by atoms with E-state index in [0.717, 1.165) is 16.4 Å². The van der Waals surface area contributed by atoms with E-state index in [9.17, 15) is 27.1 Å². The molecule has 0 aliphatic rings. The van der Waals surface area contributed by atoms with Crippen LogP contribution in [-0.2, 0) is 14.8 Å². The highest BCUT2D eigenvalue weighted by Gasteiger charge is 2.30. The summed E-state index contributed by atoms with van der Waals surface area (Å²) < 4.78 is 59.5. The summed E-state index contributed by atoms with van der Waals surface area (Å²) in [5.41, 5.74) is 0.00343. The fraction of sp³-hybridized carbons (Fsp3) is 0.435. The van der Waals surface area contributed by atoms with Crippen molar-refractivity contribution >= 4 is 21.7 Å². The van der Waals surface area contributed by atoms with Crippen molar-refractivity contribution in [3.05, 3.63) is 60.2 Å². The second-order valence-corrected chi connectivity index (χ2v) is 10.1. The number of hydrogen-bond acceptors (Lipinski definition) is 5. The van der Waals surface area contributed by atoms with Crippen LogP contribution in [0.15, 0.2) is 53.4 Å². The van der Waals surface area contributed by atoms with Gasteiger partial charge in [0.1, 0.15) is 11.6 Å². The number of methoxy groups -OCH3 is 1. The molecule has 2 amide bonds. The second kappa shape index (κ2) is 12.2. The van der Waals surface area contributed by atoms with Crippen molar-refractivity contribution in [2.75, 3.05) is 39.2 Å². The molecular weight excluding hydrogens is 468 g/mol. The van der Waals surface area contributed by atoms with Crippen molar-refractivity contribution in [3.8, 4) is 0 Å². The number of amides is 2. The normalized spacial score (nSPS) is 14.5. The van der Waals surface area contributed by atoms with Crippen LogP contribution >= 0.6 is 0 Å². The van der Waals surface area contributed by atoms with Gasteiger partial charge in [-0.3, -0.25) is 0 Å². The van der Waals surface area contributed by atoms with E-state index in [-0.39, 0.29) is 36.2 Å². The fourth-order valence-corrected chi connectivity index (χ4v) is 4.55. The Morgan fingerprint density at radius 3 is 2.26 bits per heavy atom. The average molecular weight is 500 g/mol. The molecule has 0 fully saturated rings. The van der Waals surface area contributed by atoms with Crippen molar-refractivity contribution in [1.82, 2.24) is 9.21 Å². The monoisotopic (exact) mass is 499 g/mol. The molecule has 0 aliphatic heterocycles. The number of aliphatic hydroxyl groups is 1. The lowest BCUT2D eigenvalue weighted by atomic mass is 10.0. The first kappa shape index (κ1) is 27.6. The average Bonchev–Trinajstić information content (AvgIpc) is 2.81. The van der Waals surface area contributed by atoms with E-state index in [1.165, 1.54) is 49.4 Å². The molecule has 0 spiro atoms. The lowest BCUT2D eigenvalue weighted by molar-refractivity contribution is 0.0305. The summed E-state index contributed by atoms with van der Waals surface area (Å²) in [6.07, 6.45) is -0.616. The van der Waals surface area contributed by atoms with Gasteiger partial charge in [0.15, 0.2) is 0 Å². The Morgan fingerprint density at radius 1 is 1.09 bits per heavy atom. The Labute approximate surface area is 199 Å². The van der Waals surface area contributed by atoms with E-state index < -0.39 is 39.8 Å². The van der Waals surface area contributed by atoms with Gasteiger partial charge < -0.3 is 20.1 Å². The number of benzene rings is 2. The van der Waals surface area contributed by atoms with E-state index in [1.807, 2.05) is 0 Å². The molecule has 3 atom stereocenters. The predicted molar refractivity (Wildman–Crippen MR) is 125 cm³/mol. The van der Waals surface area contributed by atoms with E-state index in [1.54, 1.807) is 19.9 Å². The third-order valence-electron chi connectivity index (χ3n) is 5.55. The van der Waals surface area contributed by atoms with E-state index in [2.05, 4.69) is 5.32 Å². The Bertz CT molecular complexity index is 1050. The zero-order valence-corrected chi connectivity index (χ0v) is 20.4. The van der Waals surface area contributed by atoms with Crippen LogP contribution in [0, 0.1) is 17.6 Å². The topological polar surface area (TPSA) is 99.2 Å². The molecular formula is C23H31F2N3O5S. The Morgan fingerprint density at radius 2 is 1.71 bits per heavy atom. The molecule has 2 N–H and O–H groups in total. The van der Waals surface area contributed by atoms with Gasteiger partial charge in [-0.1, -0.05) is 19.1 Å². The number of urea groups is 1. The van der Waals surface area contributed by atoms with Gasteiger partial charge in [-0.25, -0.2) is 22.0 Å². The highest BCUT2D eigenvalue weighted by Crippen LogP contribution is 2.20. The number of carbonyl (C=O) groups is 1. The zero-order chi connectivity index (χ0) is 25.5. The maximum atomic E-state index is 14.0. The van der Waals surface area contributed by atoms with Gasteiger partial charge in [0, 0.05) is 33.2 Å². The summed E-state index contributed by atoms with van der Waals surface area (Å²) in [5, 5.41) is 12.1. The molecule has 34 heavy (non-hydrogen) atoms. The highest BCUT2D eigenvalue weighted by atomic mass is 32.2. The lowest BCUT2D eigenvalue weighted by Gasteiger charge is -2.34. The number of hydrogen-bond donors (Lipinski definition) is 2. The maximum Gasteiger partial charge on any atom is 0.322 e. The Balaban J connectivity index is 2.14. The fourth-order valence-electron chi connectivity index (χ4n) is 3.36. The van der Waals surface area contributed by atoms with Crippen LogP contribution in [0.25, 0.3) is 0 Å². The molecule has 0 radical (unpaired) electrons. The minimum atomic E-state index is -3.89. The summed E-state index contributed by atoms with van der Waals surface area (Å²) in [6, 6.07) is 9.03. The van der Waals surface area contributed by atoms with Gasteiger partial charge in [-0.15, -0.1) is 0 Å². The summed E-state index contributed by atoms with van der Waals surface area (Å²) in [6.45, 7) is 3.16. The van der Waals surface area contributed by atoms with Crippen molar-refractivity contribution in [3.63, 3.8) is 0 Å². The van der Waals surface area contributed by atoms with Gasteiger partial charge in [0.2, 0.25) is 10.0 Å². The molecule has 0 aromatic heterocycles. The van der Waals surface area contributed by atoms with E-state index in [0.29, 0.717) is 0 Å². The van der Waals surface area contributed by atoms with Crippen molar-refractivity contribution in [1.29, 1.82) is 0 Å². The first-order chi connectivity index (χ1) is 16.0. The van der Waals surface area contributed by atoms with Crippen LogP contribution < -0.4 is 5.32 Å². The van der Waals surface area contributed by atoms with Crippen LogP contribution in [0.4, 0.5) is 19.3 Å². The number of ether oxygens (including phenoxy) is 1. The van der Waals surface area contributed by atoms with E-state index >= 15 is 0 Å². The molecule has 0 bridgehead atoms. The molecule has 2 aromatic carbocycles. The smallest absolute Gasteiger partial charge is 0.322 e. The minimum Gasteiger partial charge on any atom is -0.394 e. The van der Waals surface area contributed by atoms with Crippen LogP contribution in [0.2, 0.25) is 0 Å². The van der Waals surface area contributed by atoms with Gasteiger partial charge in [0.05, 0.1) is 29.3 Å². The molecule has 2 rings (SSSR count). The SMILES string of the molecule is CO[C@@H](CN(C)S(=O)(=O)c1ccc(F)cc1)[C@@H](C)CN(C(=O)Nc1ccccc1F)[C@@H](C)CO. The molecule has 0 saturated carbocycles. The first-order valence-electron chi connectivity index (χ1n) is 10.7. The number of rotatable bonds is 11. The summed E-state index contributed by atoms with van der Waals surface area (Å²) in [5.74, 6) is -1.50. The van der Waals surface area contributed by atoms with Crippen LogP contribution in [0.1, 0.15) is 13.8 Å². The molecule has 11 heteroatoms. The quantitative estimate of drug-likeness (QED) is 0.495. The number of halogens is 2. The number of nitrogens with zero attached hydrogens (tertiary/aromatic N) is 2. The first-order valence-corrected chi connectivity index (χ1v) is 12.1. The third kappa shape index (κ3) is 6.95. The number of carbonyl (C=O) groups excluding carboxylic acids is 1. The molecule has 2 aromatic rings. The predicted octanol–water partition coefficient (Wildman–Crippen LogP) is 3.15. The third-order valence-corrected chi connectivity index (χ3v) is 7.39. The zero-order valence-electron chi connectivity index (χ0n) is 19.6. The maximum absolute atomic E-state index is 14.0. The number of sulfonamides is 1. The van der Waals surface area contributed by atoms with Crippen molar-refractivity contribution in [2.24, 2.45) is 5.92 Å². The second-order valence-electron chi connectivity index (χ2n) is 8.08. The summed E-state index contributed by atoms with van der Waals surface area (Å²) in [4.78, 5) is 14.2. The van der Waals surface area contributed by atoms with Crippen LogP contribution in [-0.4, -0.2) is 74.8 Å². The molecule has 188 valence electrons. The molecule has 8 nitrogen and oxygen atoms in total. The lowest BCUT2D eigenvalue weighted by Crippen LogP contribution is -2.49. The molecule has 0 aliphatic carbocycles. The summed E-state index contributed by atoms with van der Waals surface area (Å²) >= 11 is 0. The minimum absolute atomic E-state index is 0.00343. The number of likely N-dealkylation sites (N-methyl/N-ethyl adjacent to an activating group) is 1. The number of para-hydroxylation sites is 1. The standard InChI is InChI=1S/C23H31F2N3O5S/c1-16(13-28(17(2)15-29)23(30)26-21-8-6-5-7-20(21)25)22(33-4)14-27(3)34(31,32)19-11-9-18(24)10-12-19/h5-12,16-17,22,29H,13-15H2,1-4H3,(H,26,30)/t16-,17-,22-/m0/s1. The number of anilines is 1. The highest BCUT2D eigenvalue weighted by molar-refractivity contribution is 7.89. The van der Waals surface area contributed by atoms with Gasteiger partial charge >= 0.3 is 6.03 Å². The van der Waals surface area contributed by atoms with Crippen LogP contribution in [0.5, 0.6) is 0 Å². The Hall–Kier alpha value is -2.60. The summed E-state index contributed by atoms with van der Waals surface area (Å²) in [7, 11) is -1.08. The van der Waals surface area contributed by atoms with Crippen LogP contribution in [0.3, 0.4) is 0 Å². The van der Waals surface area contributed by atoms with Crippen molar-refractivity contribution < 1.29 is 31.8 Å². The van der Waals surface area contributed by atoms with Gasteiger partial charge in [-0.2, -0.15) is 4.31 Å². The van der Waals surface area contributed by atoms with Gasteiger partial charge in [-0.05, 0) is 43.3 Å². The molecule has 0 unspecified atom stereocenters. The number of aliphatic hydroxyl groups excluding tert-OH is 1.